The van der Waals surface area contributed by atoms with Crippen LogP contribution in [0.3, 0.4) is 0 Å². The molecule has 0 aromatic carbocycles. The van der Waals surface area contributed by atoms with Crippen molar-refractivity contribution in [1.29, 1.82) is 0 Å². The number of nitrogens with zero attached hydrogens (tertiary/aromatic N) is 4. The van der Waals surface area contributed by atoms with E-state index in [1.54, 1.807) is 0 Å². The minimum atomic E-state index is 0.259. The summed E-state index contributed by atoms with van der Waals surface area (Å²) < 4.78 is 1.94. The monoisotopic (exact) mass is 239 g/mol. The van der Waals surface area contributed by atoms with Crippen molar-refractivity contribution in [3.8, 4) is 0 Å². The lowest BCUT2D eigenvalue weighted by Crippen LogP contribution is -2.35. The zero-order valence-corrected chi connectivity index (χ0v) is 11.4. The van der Waals surface area contributed by atoms with Gasteiger partial charge in [-0.25, -0.2) is 0 Å². The van der Waals surface area contributed by atoms with Crippen molar-refractivity contribution < 1.29 is 0 Å². The molecule has 0 aliphatic rings. The van der Waals surface area contributed by atoms with Gasteiger partial charge in [0.15, 0.2) is 0 Å². The summed E-state index contributed by atoms with van der Waals surface area (Å²) >= 11 is 0. The van der Waals surface area contributed by atoms with Crippen molar-refractivity contribution in [3.05, 3.63) is 18.0 Å². The smallest absolute Gasteiger partial charge is 0.0538 e. The maximum Gasteiger partial charge on any atom is 0.0538 e. The van der Waals surface area contributed by atoms with E-state index >= 15 is 0 Å². The molecule has 17 heavy (non-hydrogen) atoms. The van der Waals surface area contributed by atoms with Gasteiger partial charge < -0.3 is 10.6 Å². The summed E-state index contributed by atoms with van der Waals surface area (Å²) in [6.45, 7) is 5.66. The lowest BCUT2D eigenvalue weighted by molar-refractivity contribution is 0.222. The molecule has 1 atom stereocenters. The minimum Gasteiger partial charge on any atom is -0.329 e. The minimum absolute atomic E-state index is 0.259. The number of rotatable bonds is 7. The Labute approximate surface area is 104 Å². The molecule has 1 unspecified atom stereocenters. The van der Waals surface area contributed by atoms with Gasteiger partial charge in [-0.2, -0.15) is 5.10 Å². The maximum absolute atomic E-state index is 5.87. The van der Waals surface area contributed by atoms with E-state index in [0.29, 0.717) is 6.54 Å². The van der Waals surface area contributed by atoms with Crippen molar-refractivity contribution in [2.45, 2.75) is 19.5 Å². The fourth-order valence-corrected chi connectivity index (χ4v) is 1.81. The second-order valence-electron chi connectivity index (χ2n) is 4.66. The summed E-state index contributed by atoms with van der Waals surface area (Å²) in [6, 6.07) is 0.259. The number of aryl methyl sites for hydroxylation is 1. The fourth-order valence-electron chi connectivity index (χ4n) is 1.81. The van der Waals surface area contributed by atoms with Crippen LogP contribution in [0.15, 0.2) is 12.4 Å². The van der Waals surface area contributed by atoms with E-state index < -0.39 is 0 Å². The van der Waals surface area contributed by atoms with Crippen LogP contribution in [-0.2, 0) is 6.54 Å². The molecular weight excluding hydrogens is 214 g/mol. The summed E-state index contributed by atoms with van der Waals surface area (Å²) in [4.78, 5) is 4.47. The Morgan fingerprint density at radius 1 is 1.35 bits per heavy atom. The van der Waals surface area contributed by atoms with Crippen LogP contribution in [0.2, 0.25) is 0 Å². The standard InChI is InChI=1S/C12H25N5/c1-5-17-10-11(9-14-17)12(8-13)16(4)7-6-15(2)3/h9-10,12H,5-8,13H2,1-4H3. The van der Waals surface area contributed by atoms with Crippen LogP contribution in [0.25, 0.3) is 0 Å². The van der Waals surface area contributed by atoms with Gasteiger partial charge in [0.05, 0.1) is 6.20 Å². The predicted octanol–water partition coefficient (Wildman–Crippen LogP) is 0.396. The van der Waals surface area contributed by atoms with E-state index in [9.17, 15) is 0 Å². The fraction of sp³-hybridized carbons (Fsp3) is 0.750. The number of hydrogen-bond donors (Lipinski definition) is 1. The van der Waals surface area contributed by atoms with Crippen LogP contribution in [0, 0.1) is 0 Å². The molecule has 2 N–H and O–H groups in total. The van der Waals surface area contributed by atoms with Gasteiger partial charge in [0.2, 0.25) is 0 Å². The largest absolute Gasteiger partial charge is 0.329 e. The average Bonchev–Trinajstić information content (AvgIpc) is 2.76. The molecule has 0 aliphatic heterocycles. The van der Waals surface area contributed by atoms with Crippen LogP contribution in [0.1, 0.15) is 18.5 Å². The summed E-state index contributed by atoms with van der Waals surface area (Å²) in [6.07, 6.45) is 4.01. The zero-order chi connectivity index (χ0) is 12.8. The average molecular weight is 239 g/mol. The van der Waals surface area contributed by atoms with E-state index in [-0.39, 0.29) is 6.04 Å². The molecule has 5 heteroatoms. The van der Waals surface area contributed by atoms with Crippen LogP contribution < -0.4 is 5.73 Å². The molecule has 0 amide bonds. The maximum atomic E-state index is 5.87. The molecule has 1 rings (SSSR count). The van der Waals surface area contributed by atoms with Crippen molar-refractivity contribution in [3.63, 3.8) is 0 Å². The summed E-state index contributed by atoms with van der Waals surface area (Å²) in [5.74, 6) is 0. The Kier molecular flexibility index (Phi) is 5.61. The second-order valence-corrected chi connectivity index (χ2v) is 4.66. The van der Waals surface area contributed by atoms with Gasteiger partial charge >= 0.3 is 0 Å². The number of nitrogens with two attached hydrogens (primary N) is 1. The first kappa shape index (κ1) is 14.2. The Balaban J connectivity index is 2.63. The highest BCUT2D eigenvalue weighted by Crippen LogP contribution is 2.17. The summed E-state index contributed by atoms with van der Waals surface area (Å²) in [7, 11) is 6.28. The number of hydrogen-bond acceptors (Lipinski definition) is 4. The Morgan fingerprint density at radius 2 is 2.06 bits per heavy atom. The van der Waals surface area contributed by atoms with Gasteiger partial charge in [-0.3, -0.25) is 9.58 Å². The predicted molar refractivity (Wildman–Crippen MR) is 70.9 cm³/mol. The highest BCUT2D eigenvalue weighted by atomic mass is 15.3. The Morgan fingerprint density at radius 3 is 2.53 bits per heavy atom. The molecule has 0 fully saturated rings. The molecule has 1 aromatic rings. The van der Waals surface area contributed by atoms with Crippen LogP contribution in [0.4, 0.5) is 0 Å². The molecule has 1 aromatic heterocycles. The van der Waals surface area contributed by atoms with Crippen molar-refractivity contribution in [2.75, 3.05) is 40.8 Å². The molecule has 98 valence electrons. The SMILES string of the molecule is CCn1cc(C(CN)N(C)CCN(C)C)cn1. The van der Waals surface area contributed by atoms with E-state index in [2.05, 4.69) is 49.2 Å². The van der Waals surface area contributed by atoms with Gasteiger partial charge in [0, 0.05) is 44.0 Å². The normalized spacial score (nSPS) is 13.6. The lowest BCUT2D eigenvalue weighted by atomic mass is 10.1. The molecule has 0 radical (unpaired) electrons. The van der Waals surface area contributed by atoms with E-state index in [4.69, 9.17) is 5.73 Å². The molecule has 5 nitrogen and oxygen atoms in total. The van der Waals surface area contributed by atoms with Gasteiger partial charge in [-0.05, 0) is 28.1 Å². The first-order valence-corrected chi connectivity index (χ1v) is 6.15. The number of likely N-dealkylation sites (N-methyl/N-ethyl adjacent to an activating group) is 2. The molecule has 0 spiro atoms. The lowest BCUT2D eigenvalue weighted by Gasteiger charge is -2.27. The van der Waals surface area contributed by atoms with E-state index in [0.717, 1.165) is 19.6 Å². The second kappa shape index (κ2) is 6.74. The van der Waals surface area contributed by atoms with Gasteiger partial charge in [0.25, 0.3) is 0 Å². The van der Waals surface area contributed by atoms with Gasteiger partial charge in [-0.15, -0.1) is 0 Å². The highest BCUT2D eigenvalue weighted by Gasteiger charge is 2.16. The van der Waals surface area contributed by atoms with Gasteiger partial charge in [0.1, 0.15) is 0 Å². The molecule has 0 saturated heterocycles. The van der Waals surface area contributed by atoms with Gasteiger partial charge in [-0.1, -0.05) is 0 Å². The molecular formula is C12H25N5. The third-order valence-corrected chi connectivity index (χ3v) is 3.02. The summed E-state index contributed by atoms with van der Waals surface area (Å²) in [5.41, 5.74) is 7.07. The van der Waals surface area contributed by atoms with E-state index in [1.807, 2.05) is 10.9 Å². The quantitative estimate of drug-likeness (QED) is 0.748. The van der Waals surface area contributed by atoms with Crippen LogP contribution in [-0.4, -0.2) is 60.4 Å². The molecule has 1 heterocycles. The van der Waals surface area contributed by atoms with Crippen LogP contribution in [0.5, 0.6) is 0 Å². The number of aromatic nitrogens is 2. The Hall–Kier alpha value is -0.910. The third-order valence-electron chi connectivity index (χ3n) is 3.02. The van der Waals surface area contributed by atoms with Crippen molar-refractivity contribution in [2.24, 2.45) is 5.73 Å². The topological polar surface area (TPSA) is 50.3 Å². The highest BCUT2D eigenvalue weighted by molar-refractivity contribution is 5.11. The zero-order valence-electron chi connectivity index (χ0n) is 11.4. The molecule has 0 bridgehead atoms. The van der Waals surface area contributed by atoms with E-state index in [1.165, 1.54) is 5.56 Å². The molecule has 0 saturated carbocycles. The third kappa shape index (κ3) is 4.11. The first-order chi connectivity index (χ1) is 8.08. The Bertz CT molecular complexity index is 320. The van der Waals surface area contributed by atoms with Crippen molar-refractivity contribution in [1.82, 2.24) is 19.6 Å². The molecule has 0 aliphatic carbocycles. The summed E-state index contributed by atoms with van der Waals surface area (Å²) in [5, 5.41) is 4.31. The first-order valence-electron chi connectivity index (χ1n) is 6.15. The van der Waals surface area contributed by atoms with Crippen molar-refractivity contribution >= 4 is 0 Å². The van der Waals surface area contributed by atoms with Crippen LogP contribution >= 0.6 is 0 Å².